The maximum Gasteiger partial charge on any atom is 0.227 e. The summed E-state index contributed by atoms with van der Waals surface area (Å²) in [4.78, 5) is 17.2. The van der Waals surface area contributed by atoms with Crippen LogP contribution in [0.1, 0.15) is 31.7 Å². The number of anilines is 1. The molecule has 0 aromatic heterocycles. The van der Waals surface area contributed by atoms with E-state index in [2.05, 4.69) is 47.4 Å². The zero-order valence-electron chi connectivity index (χ0n) is 15.1. The van der Waals surface area contributed by atoms with Crippen molar-refractivity contribution in [2.45, 2.75) is 38.6 Å². The van der Waals surface area contributed by atoms with Crippen LogP contribution in [0.15, 0.2) is 60.7 Å². The van der Waals surface area contributed by atoms with Crippen molar-refractivity contribution in [1.82, 2.24) is 4.90 Å². The van der Waals surface area contributed by atoms with Crippen LogP contribution in [0.4, 0.5) is 5.69 Å². The van der Waals surface area contributed by atoms with Crippen molar-refractivity contribution >= 4 is 11.6 Å². The predicted molar refractivity (Wildman–Crippen MR) is 104 cm³/mol. The molecule has 2 aromatic rings. The van der Waals surface area contributed by atoms with E-state index in [0.29, 0.717) is 6.42 Å². The van der Waals surface area contributed by atoms with E-state index in [1.165, 1.54) is 5.56 Å². The van der Waals surface area contributed by atoms with Crippen LogP contribution < -0.4 is 4.90 Å². The molecule has 1 atom stereocenters. The topological polar surface area (TPSA) is 23.6 Å². The van der Waals surface area contributed by atoms with Crippen LogP contribution in [-0.2, 0) is 11.2 Å². The van der Waals surface area contributed by atoms with Gasteiger partial charge in [0.2, 0.25) is 5.91 Å². The van der Waals surface area contributed by atoms with Gasteiger partial charge < -0.3 is 9.80 Å². The summed E-state index contributed by atoms with van der Waals surface area (Å²) in [6.07, 6.45) is 3.86. The van der Waals surface area contributed by atoms with Gasteiger partial charge in [-0.2, -0.15) is 0 Å². The fraction of sp³-hybridized carbons (Fsp3) is 0.409. The Morgan fingerprint density at radius 2 is 1.76 bits per heavy atom. The van der Waals surface area contributed by atoms with Gasteiger partial charge in [0.05, 0.1) is 0 Å². The van der Waals surface area contributed by atoms with Crippen molar-refractivity contribution in [3.05, 3.63) is 66.2 Å². The van der Waals surface area contributed by atoms with Gasteiger partial charge in [-0.15, -0.1) is 0 Å². The molecule has 0 saturated carbocycles. The van der Waals surface area contributed by atoms with Crippen molar-refractivity contribution in [2.24, 2.45) is 0 Å². The van der Waals surface area contributed by atoms with E-state index in [1.54, 1.807) is 0 Å². The van der Waals surface area contributed by atoms with Crippen LogP contribution in [0.2, 0.25) is 0 Å². The summed E-state index contributed by atoms with van der Waals surface area (Å²) in [5.41, 5.74) is 2.42. The Morgan fingerprint density at radius 3 is 2.44 bits per heavy atom. The van der Waals surface area contributed by atoms with Crippen LogP contribution >= 0.6 is 0 Å². The molecular formula is C22H28N2O. The largest absolute Gasteiger partial charge is 0.308 e. The standard InChI is InChI=1S/C22H28N2O/c1-2-22(25)24(20-12-7-4-8-13-20)21-14-9-16-23(18-21)17-15-19-10-5-3-6-11-19/h3-8,10-13,21H,2,9,14-18H2,1H3/t21-/m1/s1. The lowest BCUT2D eigenvalue weighted by Crippen LogP contribution is -2.50. The van der Waals surface area contributed by atoms with Crippen LogP contribution in [0, 0.1) is 0 Å². The molecule has 1 fully saturated rings. The summed E-state index contributed by atoms with van der Waals surface area (Å²) in [6.45, 7) is 5.11. The summed E-state index contributed by atoms with van der Waals surface area (Å²) in [6, 6.07) is 21.1. The molecular weight excluding hydrogens is 308 g/mol. The average molecular weight is 336 g/mol. The molecule has 3 rings (SSSR count). The third-order valence-electron chi connectivity index (χ3n) is 5.01. The Labute approximate surface area is 151 Å². The minimum atomic E-state index is 0.223. The number of likely N-dealkylation sites (tertiary alicyclic amines) is 1. The second-order valence-corrected chi connectivity index (χ2v) is 6.79. The quantitative estimate of drug-likeness (QED) is 0.791. The molecule has 25 heavy (non-hydrogen) atoms. The van der Waals surface area contributed by atoms with Crippen LogP contribution in [0.5, 0.6) is 0 Å². The van der Waals surface area contributed by atoms with E-state index in [1.807, 2.05) is 30.0 Å². The second-order valence-electron chi connectivity index (χ2n) is 6.79. The van der Waals surface area contributed by atoms with Crippen molar-refractivity contribution in [3.8, 4) is 0 Å². The molecule has 1 heterocycles. The summed E-state index contributed by atoms with van der Waals surface area (Å²) in [5, 5.41) is 0. The smallest absolute Gasteiger partial charge is 0.227 e. The molecule has 0 bridgehead atoms. The Hall–Kier alpha value is -2.13. The molecule has 1 aliphatic heterocycles. The predicted octanol–water partition coefficient (Wildman–Crippen LogP) is 4.14. The van der Waals surface area contributed by atoms with Gasteiger partial charge in [-0.05, 0) is 43.5 Å². The number of nitrogens with zero attached hydrogens (tertiary/aromatic N) is 2. The van der Waals surface area contributed by atoms with Gasteiger partial charge in [-0.1, -0.05) is 55.5 Å². The molecule has 3 heteroatoms. The highest BCUT2D eigenvalue weighted by Crippen LogP contribution is 2.24. The maximum absolute atomic E-state index is 12.6. The lowest BCUT2D eigenvalue weighted by Gasteiger charge is -2.39. The number of hydrogen-bond acceptors (Lipinski definition) is 2. The van der Waals surface area contributed by atoms with Gasteiger partial charge in [-0.25, -0.2) is 0 Å². The average Bonchev–Trinajstić information content (AvgIpc) is 2.68. The van der Waals surface area contributed by atoms with E-state index in [4.69, 9.17) is 0 Å². The van der Waals surface area contributed by atoms with Gasteiger partial charge >= 0.3 is 0 Å². The molecule has 3 nitrogen and oxygen atoms in total. The number of amides is 1. The number of carbonyl (C=O) groups is 1. The third kappa shape index (κ3) is 4.70. The normalized spacial score (nSPS) is 18.0. The Morgan fingerprint density at radius 1 is 1.08 bits per heavy atom. The number of para-hydroxylation sites is 1. The minimum absolute atomic E-state index is 0.223. The van der Waals surface area contributed by atoms with E-state index in [9.17, 15) is 4.79 Å². The molecule has 1 amide bonds. The number of carbonyl (C=O) groups excluding carboxylic acids is 1. The van der Waals surface area contributed by atoms with E-state index in [-0.39, 0.29) is 11.9 Å². The van der Waals surface area contributed by atoms with E-state index in [0.717, 1.165) is 44.6 Å². The number of hydrogen-bond donors (Lipinski definition) is 0. The molecule has 132 valence electrons. The van der Waals surface area contributed by atoms with Gasteiger partial charge in [0, 0.05) is 31.2 Å². The van der Waals surface area contributed by atoms with Gasteiger partial charge in [0.25, 0.3) is 0 Å². The lowest BCUT2D eigenvalue weighted by atomic mass is 10.0. The number of rotatable bonds is 6. The second kappa shape index (κ2) is 8.82. The van der Waals surface area contributed by atoms with Gasteiger partial charge in [0.1, 0.15) is 0 Å². The summed E-state index contributed by atoms with van der Waals surface area (Å²) < 4.78 is 0. The fourth-order valence-corrected chi connectivity index (χ4v) is 3.69. The summed E-state index contributed by atoms with van der Waals surface area (Å²) in [7, 11) is 0. The zero-order chi connectivity index (χ0) is 17.5. The summed E-state index contributed by atoms with van der Waals surface area (Å²) >= 11 is 0. The maximum atomic E-state index is 12.6. The molecule has 0 aliphatic carbocycles. The van der Waals surface area contributed by atoms with Gasteiger partial charge in [0.15, 0.2) is 0 Å². The number of benzene rings is 2. The van der Waals surface area contributed by atoms with Crippen molar-refractivity contribution in [1.29, 1.82) is 0 Å². The first-order valence-corrected chi connectivity index (χ1v) is 9.41. The van der Waals surface area contributed by atoms with Crippen LogP contribution in [0.25, 0.3) is 0 Å². The molecule has 0 N–H and O–H groups in total. The lowest BCUT2D eigenvalue weighted by molar-refractivity contribution is -0.119. The molecule has 0 unspecified atom stereocenters. The van der Waals surface area contributed by atoms with Crippen molar-refractivity contribution in [3.63, 3.8) is 0 Å². The van der Waals surface area contributed by atoms with E-state index >= 15 is 0 Å². The number of piperidine rings is 1. The van der Waals surface area contributed by atoms with E-state index < -0.39 is 0 Å². The first kappa shape index (κ1) is 17.7. The van der Waals surface area contributed by atoms with Crippen LogP contribution in [-0.4, -0.2) is 36.5 Å². The molecule has 0 spiro atoms. The molecule has 0 radical (unpaired) electrons. The molecule has 2 aromatic carbocycles. The van der Waals surface area contributed by atoms with Crippen molar-refractivity contribution < 1.29 is 4.79 Å². The molecule has 1 aliphatic rings. The Kier molecular flexibility index (Phi) is 6.24. The van der Waals surface area contributed by atoms with Crippen molar-refractivity contribution in [2.75, 3.05) is 24.5 Å². The SMILES string of the molecule is CCC(=O)N(c1ccccc1)[C@@H]1CCCN(CCc2ccccc2)C1. The Bertz CT molecular complexity index is 656. The fourth-order valence-electron chi connectivity index (χ4n) is 3.69. The monoisotopic (exact) mass is 336 g/mol. The first-order chi connectivity index (χ1) is 12.3. The Balaban J connectivity index is 1.66. The van der Waals surface area contributed by atoms with Crippen LogP contribution in [0.3, 0.4) is 0 Å². The highest BCUT2D eigenvalue weighted by molar-refractivity contribution is 5.93. The molecule has 1 saturated heterocycles. The highest BCUT2D eigenvalue weighted by Gasteiger charge is 2.28. The first-order valence-electron chi connectivity index (χ1n) is 9.41. The summed E-state index contributed by atoms with van der Waals surface area (Å²) in [5.74, 6) is 0.223. The minimum Gasteiger partial charge on any atom is -0.308 e. The third-order valence-corrected chi connectivity index (χ3v) is 5.01. The highest BCUT2D eigenvalue weighted by atomic mass is 16.2. The van der Waals surface area contributed by atoms with Gasteiger partial charge in [-0.3, -0.25) is 4.79 Å². The zero-order valence-corrected chi connectivity index (χ0v) is 15.1.